The van der Waals surface area contributed by atoms with Crippen molar-refractivity contribution in [3.8, 4) is 11.5 Å². The van der Waals surface area contributed by atoms with Crippen LogP contribution in [-0.2, 0) is 0 Å². The lowest BCUT2D eigenvalue weighted by Gasteiger charge is -2.37. The standard InChI is InChI=1S/C23H30N2O3/c1-16(2)18-15-19(17(3)14-22(18)28-5)23(26)25-12-10-24(11-13-25)20-8-6-7-9-21(20)27-4/h6-9,14-16H,10-13H2,1-5H3. The van der Waals surface area contributed by atoms with Crippen LogP contribution in [0.1, 0.15) is 41.3 Å². The van der Waals surface area contributed by atoms with E-state index >= 15 is 0 Å². The lowest BCUT2D eigenvalue weighted by Crippen LogP contribution is -2.49. The predicted octanol–water partition coefficient (Wildman–Crippen LogP) is 4.10. The highest BCUT2D eigenvalue weighted by Crippen LogP contribution is 2.31. The zero-order chi connectivity index (χ0) is 20.3. The van der Waals surface area contributed by atoms with Crippen LogP contribution >= 0.6 is 0 Å². The third-order valence-electron chi connectivity index (χ3n) is 5.42. The van der Waals surface area contributed by atoms with E-state index in [0.29, 0.717) is 19.0 Å². The third-order valence-corrected chi connectivity index (χ3v) is 5.42. The summed E-state index contributed by atoms with van der Waals surface area (Å²) in [6.45, 7) is 9.18. The molecule has 1 amide bonds. The number of carbonyl (C=O) groups is 1. The molecule has 1 saturated heterocycles. The van der Waals surface area contributed by atoms with Crippen molar-refractivity contribution in [2.75, 3.05) is 45.3 Å². The number of hydrogen-bond acceptors (Lipinski definition) is 4. The zero-order valence-corrected chi connectivity index (χ0v) is 17.5. The number of carbonyl (C=O) groups excluding carboxylic acids is 1. The number of amides is 1. The maximum absolute atomic E-state index is 13.2. The van der Waals surface area contributed by atoms with Gasteiger partial charge in [-0.1, -0.05) is 26.0 Å². The number of para-hydroxylation sites is 2. The molecule has 2 aromatic rings. The van der Waals surface area contributed by atoms with Gasteiger partial charge in [0.25, 0.3) is 5.91 Å². The molecule has 0 N–H and O–H groups in total. The molecule has 0 aliphatic carbocycles. The summed E-state index contributed by atoms with van der Waals surface area (Å²) < 4.78 is 11.0. The van der Waals surface area contributed by atoms with E-state index in [9.17, 15) is 4.79 Å². The molecule has 5 heteroatoms. The van der Waals surface area contributed by atoms with Crippen LogP contribution in [0, 0.1) is 6.92 Å². The first-order valence-electron chi connectivity index (χ1n) is 9.82. The van der Waals surface area contributed by atoms with Gasteiger partial charge in [0.05, 0.1) is 19.9 Å². The Morgan fingerprint density at radius 2 is 1.61 bits per heavy atom. The van der Waals surface area contributed by atoms with E-state index in [2.05, 4.69) is 24.8 Å². The van der Waals surface area contributed by atoms with Crippen LogP contribution in [0.5, 0.6) is 11.5 Å². The van der Waals surface area contributed by atoms with Crippen molar-refractivity contribution >= 4 is 11.6 Å². The largest absolute Gasteiger partial charge is 0.496 e. The monoisotopic (exact) mass is 382 g/mol. The van der Waals surface area contributed by atoms with Crippen LogP contribution in [0.15, 0.2) is 36.4 Å². The lowest BCUT2D eigenvalue weighted by molar-refractivity contribution is 0.0746. The molecule has 0 aromatic heterocycles. The fraction of sp³-hybridized carbons (Fsp3) is 0.435. The lowest BCUT2D eigenvalue weighted by atomic mass is 9.95. The van der Waals surface area contributed by atoms with E-state index in [1.807, 2.05) is 42.2 Å². The molecule has 0 spiro atoms. The van der Waals surface area contributed by atoms with Gasteiger partial charge in [0.2, 0.25) is 0 Å². The molecule has 1 fully saturated rings. The minimum atomic E-state index is 0.0988. The van der Waals surface area contributed by atoms with Crippen molar-refractivity contribution in [1.82, 2.24) is 4.90 Å². The number of ether oxygens (including phenoxy) is 2. The molecule has 0 radical (unpaired) electrons. The summed E-state index contributed by atoms with van der Waals surface area (Å²) >= 11 is 0. The Morgan fingerprint density at radius 1 is 0.964 bits per heavy atom. The maximum Gasteiger partial charge on any atom is 0.254 e. The Balaban J connectivity index is 1.76. The van der Waals surface area contributed by atoms with Crippen molar-refractivity contribution in [2.45, 2.75) is 26.7 Å². The summed E-state index contributed by atoms with van der Waals surface area (Å²) in [5.74, 6) is 2.12. The summed E-state index contributed by atoms with van der Waals surface area (Å²) in [5, 5.41) is 0. The van der Waals surface area contributed by atoms with Gasteiger partial charge in [-0.15, -0.1) is 0 Å². The first-order valence-corrected chi connectivity index (χ1v) is 9.82. The van der Waals surface area contributed by atoms with Gasteiger partial charge in [-0.3, -0.25) is 4.79 Å². The first-order chi connectivity index (χ1) is 13.5. The van der Waals surface area contributed by atoms with Gasteiger partial charge in [-0.2, -0.15) is 0 Å². The molecule has 0 unspecified atom stereocenters. The Bertz CT molecular complexity index is 840. The van der Waals surface area contributed by atoms with Gasteiger partial charge >= 0.3 is 0 Å². The van der Waals surface area contributed by atoms with Gasteiger partial charge in [0, 0.05) is 31.7 Å². The molecule has 2 aromatic carbocycles. The molecule has 0 saturated carbocycles. The van der Waals surface area contributed by atoms with Crippen LogP contribution in [0.25, 0.3) is 0 Å². The fourth-order valence-electron chi connectivity index (χ4n) is 3.77. The molecular weight excluding hydrogens is 352 g/mol. The van der Waals surface area contributed by atoms with Crippen molar-refractivity contribution in [1.29, 1.82) is 0 Å². The molecule has 1 aliphatic heterocycles. The Morgan fingerprint density at radius 3 is 2.21 bits per heavy atom. The Kier molecular flexibility index (Phi) is 6.12. The van der Waals surface area contributed by atoms with Crippen LogP contribution in [0.4, 0.5) is 5.69 Å². The van der Waals surface area contributed by atoms with Gasteiger partial charge in [0.15, 0.2) is 0 Å². The van der Waals surface area contributed by atoms with Crippen LogP contribution < -0.4 is 14.4 Å². The predicted molar refractivity (Wildman–Crippen MR) is 113 cm³/mol. The van der Waals surface area contributed by atoms with Gasteiger partial charge < -0.3 is 19.3 Å². The van der Waals surface area contributed by atoms with Crippen LogP contribution in [0.3, 0.4) is 0 Å². The number of rotatable bonds is 5. The molecule has 150 valence electrons. The number of nitrogens with zero attached hydrogens (tertiary/aromatic N) is 2. The molecule has 3 rings (SSSR count). The smallest absolute Gasteiger partial charge is 0.254 e. The van der Waals surface area contributed by atoms with Crippen LogP contribution in [-0.4, -0.2) is 51.2 Å². The van der Waals surface area contributed by atoms with E-state index in [1.165, 1.54) is 0 Å². The second kappa shape index (κ2) is 8.55. The summed E-state index contributed by atoms with van der Waals surface area (Å²) in [5.41, 5.74) is 3.89. The van der Waals surface area contributed by atoms with E-state index in [1.54, 1.807) is 14.2 Å². The van der Waals surface area contributed by atoms with Gasteiger partial charge in [-0.05, 0) is 48.2 Å². The van der Waals surface area contributed by atoms with Crippen molar-refractivity contribution in [3.05, 3.63) is 53.1 Å². The van der Waals surface area contributed by atoms with E-state index in [0.717, 1.165) is 47.0 Å². The van der Waals surface area contributed by atoms with E-state index in [4.69, 9.17) is 9.47 Å². The van der Waals surface area contributed by atoms with Gasteiger partial charge in [-0.25, -0.2) is 0 Å². The highest BCUT2D eigenvalue weighted by molar-refractivity contribution is 5.96. The van der Waals surface area contributed by atoms with Crippen molar-refractivity contribution < 1.29 is 14.3 Å². The number of methoxy groups -OCH3 is 2. The minimum Gasteiger partial charge on any atom is -0.496 e. The first kappa shape index (κ1) is 20.1. The highest BCUT2D eigenvalue weighted by Gasteiger charge is 2.25. The van der Waals surface area contributed by atoms with Gasteiger partial charge in [0.1, 0.15) is 11.5 Å². The molecule has 1 aliphatic rings. The van der Waals surface area contributed by atoms with E-state index < -0.39 is 0 Å². The number of anilines is 1. The number of aryl methyl sites for hydroxylation is 1. The average Bonchev–Trinajstić information content (AvgIpc) is 2.72. The number of piperazine rings is 1. The Hall–Kier alpha value is -2.69. The molecule has 28 heavy (non-hydrogen) atoms. The average molecular weight is 383 g/mol. The van der Waals surface area contributed by atoms with Crippen LogP contribution in [0.2, 0.25) is 0 Å². The summed E-state index contributed by atoms with van der Waals surface area (Å²) in [7, 11) is 3.37. The second-order valence-corrected chi connectivity index (χ2v) is 7.51. The Labute approximate surface area is 167 Å². The fourth-order valence-corrected chi connectivity index (χ4v) is 3.77. The summed E-state index contributed by atoms with van der Waals surface area (Å²) in [6.07, 6.45) is 0. The third kappa shape index (κ3) is 3.93. The minimum absolute atomic E-state index is 0.0988. The SMILES string of the molecule is COc1cc(C)c(C(=O)N2CCN(c3ccccc3OC)CC2)cc1C(C)C. The normalized spacial score (nSPS) is 14.4. The highest BCUT2D eigenvalue weighted by atomic mass is 16.5. The molecular formula is C23H30N2O3. The molecule has 1 heterocycles. The molecule has 5 nitrogen and oxygen atoms in total. The topological polar surface area (TPSA) is 42.0 Å². The maximum atomic E-state index is 13.2. The molecule has 0 atom stereocenters. The number of hydrogen-bond donors (Lipinski definition) is 0. The summed E-state index contributed by atoms with van der Waals surface area (Å²) in [4.78, 5) is 17.4. The van der Waals surface area contributed by atoms with Crippen molar-refractivity contribution in [3.63, 3.8) is 0 Å². The second-order valence-electron chi connectivity index (χ2n) is 7.51. The van der Waals surface area contributed by atoms with E-state index in [-0.39, 0.29) is 5.91 Å². The summed E-state index contributed by atoms with van der Waals surface area (Å²) in [6, 6.07) is 12.0. The zero-order valence-electron chi connectivity index (χ0n) is 17.5. The quantitative estimate of drug-likeness (QED) is 0.781. The number of benzene rings is 2. The van der Waals surface area contributed by atoms with Crippen molar-refractivity contribution in [2.24, 2.45) is 0 Å². The molecule has 0 bridgehead atoms.